The van der Waals surface area contributed by atoms with Gasteiger partial charge in [-0.15, -0.1) is 0 Å². The highest BCUT2D eigenvalue weighted by Gasteiger charge is 2.25. The fourth-order valence-corrected chi connectivity index (χ4v) is 3.53. The van der Waals surface area contributed by atoms with Crippen LogP contribution in [0, 0.1) is 5.92 Å². The minimum Gasteiger partial charge on any atom is -0.399 e. The van der Waals surface area contributed by atoms with E-state index in [1.54, 1.807) is 0 Å². The molecule has 1 fully saturated rings. The van der Waals surface area contributed by atoms with Crippen LogP contribution in [0.15, 0.2) is 18.2 Å². The average Bonchev–Trinajstić information content (AvgIpc) is 3.02. The van der Waals surface area contributed by atoms with Crippen molar-refractivity contribution in [2.45, 2.75) is 32.2 Å². The molecule has 1 aliphatic heterocycles. The Balaban J connectivity index is 1.55. The monoisotopic (exact) mass is 259 g/mol. The van der Waals surface area contributed by atoms with E-state index in [-0.39, 0.29) is 0 Å². The molecule has 1 aromatic rings. The normalized spacial score (nSPS) is 26.8. The number of hydrogen-bond acceptors (Lipinski definition) is 3. The summed E-state index contributed by atoms with van der Waals surface area (Å²) in [5, 5.41) is 3.78. The van der Waals surface area contributed by atoms with Crippen molar-refractivity contribution in [3.63, 3.8) is 0 Å². The van der Waals surface area contributed by atoms with E-state index in [9.17, 15) is 0 Å². The first-order valence-corrected chi connectivity index (χ1v) is 7.60. The van der Waals surface area contributed by atoms with Gasteiger partial charge in [0.05, 0.1) is 0 Å². The predicted molar refractivity (Wildman–Crippen MR) is 80.1 cm³/mol. The smallest absolute Gasteiger partial charge is 0.0326 e. The molecular weight excluding hydrogens is 234 g/mol. The van der Waals surface area contributed by atoms with Gasteiger partial charge >= 0.3 is 0 Å². The number of benzene rings is 1. The lowest BCUT2D eigenvalue weighted by atomic mass is 10.1. The summed E-state index contributed by atoms with van der Waals surface area (Å²) in [6, 6.07) is 6.94. The zero-order valence-corrected chi connectivity index (χ0v) is 11.9. The Morgan fingerprint density at radius 1 is 1.37 bits per heavy atom. The van der Waals surface area contributed by atoms with Crippen molar-refractivity contribution in [1.29, 1.82) is 0 Å². The SMILES string of the molecule is CCN1CCC(CNC2CCc3cc(N)ccc32)C1. The third kappa shape index (κ3) is 2.77. The molecule has 0 saturated carbocycles. The van der Waals surface area contributed by atoms with Crippen LogP contribution in [-0.4, -0.2) is 31.1 Å². The molecule has 2 atom stereocenters. The molecule has 1 aliphatic carbocycles. The van der Waals surface area contributed by atoms with Crippen LogP contribution in [0.5, 0.6) is 0 Å². The first kappa shape index (κ1) is 12.9. The van der Waals surface area contributed by atoms with E-state index < -0.39 is 0 Å². The summed E-state index contributed by atoms with van der Waals surface area (Å²) < 4.78 is 0. The third-order valence-corrected chi connectivity index (χ3v) is 4.71. The van der Waals surface area contributed by atoms with Crippen LogP contribution in [-0.2, 0) is 6.42 Å². The zero-order chi connectivity index (χ0) is 13.2. The van der Waals surface area contributed by atoms with Crippen molar-refractivity contribution in [1.82, 2.24) is 10.2 Å². The van der Waals surface area contributed by atoms with Gasteiger partial charge in [0.2, 0.25) is 0 Å². The number of hydrogen-bond donors (Lipinski definition) is 2. The standard InChI is InChI=1S/C16H25N3/c1-2-19-8-7-12(11-19)10-18-16-6-3-13-9-14(17)4-5-15(13)16/h4-5,9,12,16,18H,2-3,6-8,10-11,17H2,1H3. The van der Waals surface area contributed by atoms with Crippen LogP contribution in [0.4, 0.5) is 5.69 Å². The Morgan fingerprint density at radius 2 is 2.26 bits per heavy atom. The molecule has 2 unspecified atom stereocenters. The van der Waals surface area contributed by atoms with Gasteiger partial charge in [0.25, 0.3) is 0 Å². The van der Waals surface area contributed by atoms with Crippen molar-refractivity contribution in [2.24, 2.45) is 5.92 Å². The van der Waals surface area contributed by atoms with Crippen molar-refractivity contribution < 1.29 is 0 Å². The molecule has 2 aliphatic rings. The molecule has 3 heteroatoms. The molecule has 0 bridgehead atoms. The molecule has 19 heavy (non-hydrogen) atoms. The number of nitrogen functional groups attached to an aromatic ring is 1. The fourth-order valence-electron chi connectivity index (χ4n) is 3.53. The summed E-state index contributed by atoms with van der Waals surface area (Å²) in [5.41, 5.74) is 9.67. The van der Waals surface area contributed by atoms with E-state index >= 15 is 0 Å². The minimum atomic E-state index is 0.547. The number of fused-ring (bicyclic) bond motifs is 1. The molecule has 0 radical (unpaired) electrons. The number of rotatable bonds is 4. The second-order valence-electron chi connectivity index (χ2n) is 6.01. The van der Waals surface area contributed by atoms with Crippen molar-refractivity contribution in [3.05, 3.63) is 29.3 Å². The second kappa shape index (κ2) is 5.51. The largest absolute Gasteiger partial charge is 0.399 e. The second-order valence-corrected chi connectivity index (χ2v) is 6.01. The van der Waals surface area contributed by atoms with E-state index in [2.05, 4.69) is 29.3 Å². The highest BCUT2D eigenvalue weighted by atomic mass is 15.1. The molecule has 0 spiro atoms. The Kier molecular flexibility index (Phi) is 3.76. The van der Waals surface area contributed by atoms with Gasteiger partial charge in [0.15, 0.2) is 0 Å². The van der Waals surface area contributed by atoms with Crippen LogP contribution < -0.4 is 11.1 Å². The summed E-state index contributed by atoms with van der Waals surface area (Å²) in [7, 11) is 0. The van der Waals surface area contributed by atoms with Gasteiger partial charge in [-0.1, -0.05) is 13.0 Å². The Hall–Kier alpha value is -1.06. The first-order chi connectivity index (χ1) is 9.26. The van der Waals surface area contributed by atoms with E-state index in [4.69, 9.17) is 5.73 Å². The van der Waals surface area contributed by atoms with Crippen molar-refractivity contribution >= 4 is 5.69 Å². The van der Waals surface area contributed by atoms with Crippen LogP contribution >= 0.6 is 0 Å². The van der Waals surface area contributed by atoms with Crippen LogP contribution in [0.2, 0.25) is 0 Å². The number of aryl methyl sites for hydroxylation is 1. The summed E-state index contributed by atoms with van der Waals surface area (Å²) in [6.45, 7) is 7.16. The minimum absolute atomic E-state index is 0.547. The average molecular weight is 259 g/mol. The van der Waals surface area contributed by atoms with Crippen molar-refractivity contribution in [3.8, 4) is 0 Å². The van der Waals surface area contributed by atoms with E-state index in [1.165, 1.54) is 50.0 Å². The van der Waals surface area contributed by atoms with Crippen LogP contribution in [0.3, 0.4) is 0 Å². The maximum Gasteiger partial charge on any atom is 0.0326 e. The molecule has 0 aromatic heterocycles. The van der Waals surface area contributed by atoms with Gasteiger partial charge in [-0.3, -0.25) is 0 Å². The fraction of sp³-hybridized carbons (Fsp3) is 0.625. The Labute approximate surface area is 116 Å². The molecule has 3 N–H and O–H groups in total. The molecular formula is C16H25N3. The molecule has 1 saturated heterocycles. The third-order valence-electron chi connectivity index (χ3n) is 4.71. The summed E-state index contributed by atoms with van der Waals surface area (Å²) in [5.74, 6) is 0.831. The molecule has 1 heterocycles. The number of nitrogens with one attached hydrogen (secondary N) is 1. The van der Waals surface area contributed by atoms with E-state index in [0.29, 0.717) is 6.04 Å². The van der Waals surface area contributed by atoms with Gasteiger partial charge in [-0.2, -0.15) is 0 Å². The number of anilines is 1. The maximum absolute atomic E-state index is 5.85. The number of nitrogens with zero attached hydrogens (tertiary/aromatic N) is 1. The molecule has 3 nitrogen and oxygen atoms in total. The molecule has 104 valence electrons. The molecule has 0 amide bonds. The van der Waals surface area contributed by atoms with E-state index in [0.717, 1.165) is 18.2 Å². The Bertz CT molecular complexity index is 444. The van der Waals surface area contributed by atoms with Gasteiger partial charge < -0.3 is 16.0 Å². The van der Waals surface area contributed by atoms with Crippen molar-refractivity contribution in [2.75, 3.05) is 31.9 Å². The van der Waals surface area contributed by atoms with Crippen LogP contribution in [0.25, 0.3) is 0 Å². The highest BCUT2D eigenvalue weighted by molar-refractivity contribution is 5.47. The predicted octanol–water partition coefficient (Wildman–Crippen LogP) is 2.19. The lowest BCUT2D eigenvalue weighted by Crippen LogP contribution is -2.28. The summed E-state index contributed by atoms with van der Waals surface area (Å²) in [4.78, 5) is 2.55. The van der Waals surface area contributed by atoms with Gasteiger partial charge in [0.1, 0.15) is 0 Å². The number of nitrogens with two attached hydrogens (primary N) is 1. The highest BCUT2D eigenvalue weighted by Crippen LogP contribution is 2.32. The molecule has 3 rings (SSSR count). The summed E-state index contributed by atoms with van der Waals surface area (Å²) >= 11 is 0. The first-order valence-electron chi connectivity index (χ1n) is 7.60. The zero-order valence-electron chi connectivity index (χ0n) is 11.9. The lowest BCUT2D eigenvalue weighted by Gasteiger charge is -2.18. The van der Waals surface area contributed by atoms with Crippen LogP contribution in [0.1, 0.15) is 36.9 Å². The quantitative estimate of drug-likeness (QED) is 0.814. The van der Waals surface area contributed by atoms with Gasteiger partial charge in [-0.25, -0.2) is 0 Å². The molecule has 1 aromatic carbocycles. The summed E-state index contributed by atoms with van der Waals surface area (Å²) in [6.07, 6.45) is 3.74. The van der Waals surface area contributed by atoms with E-state index in [1.807, 2.05) is 6.07 Å². The maximum atomic E-state index is 5.85. The lowest BCUT2D eigenvalue weighted by molar-refractivity contribution is 0.335. The Morgan fingerprint density at radius 3 is 3.05 bits per heavy atom. The topological polar surface area (TPSA) is 41.3 Å². The van der Waals surface area contributed by atoms with Gasteiger partial charge in [0, 0.05) is 18.3 Å². The number of likely N-dealkylation sites (tertiary alicyclic amines) is 1. The van der Waals surface area contributed by atoms with Gasteiger partial charge in [-0.05, 0) is 68.1 Å².